The van der Waals surface area contributed by atoms with Crippen LogP contribution in [0.4, 0.5) is 0 Å². The van der Waals surface area contributed by atoms with Crippen LogP contribution in [0, 0.1) is 0 Å². The molecule has 1 atom stereocenters. The van der Waals surface area contributed by atoms with Crippen molar-refractivity contribution in [3.63, 3.8) is 0 Å². The summed E-state index contributed by atoms with van der Waals surface area (Å²) in [5.41, 5.74) is -0.391. The third-order valence-corrected chi connectivity index (χ3v) is 1.88. The fraction of sp³-hybridized carbons (Fsp3) is 0.917. The highest BCUT2D eigenvalue weighted by Crippen LogP contribution is 2.10. The van der Waals surface area contributed by atoms with E-state index in [1.165, 1.54) is 0 Å². The third-order valence-electron chi connectivity index (χ3n) is 1.88. The van der Waals surface area contributed by atoms with Gasteiger partial charge in [0.1, 0.15) is 5.60 Å². The Kier molecular flexibility index (Phi) is 7.34. The fourth-order valence-electron chi connectivity index (χ4n) is 1.08. The van der Waals surface area contributed by atoms with Gasteiger partial charge in [-0.3, -0.25) is 4.79 Å². The molecule has 0 N–H and O–H groups in total. The number of ether oxygens (including phenoxy) is 3. The molecular formula is C12H24O4. The van der Waals surface area contributed by atoms with Crippen LogP contribution < -0.4 is 0 Å². The van der Waals surface area contributed by atoms with Crippen LogP contribution in [0.25, 0.3) is 0 Å². The Balaban J connectivity index is 3.42. The molecule has 0 aliphatic heterocycles. The smallest absolute Gasteiger partial charge is 0.306 e. The minimum Gasteiger partial charge on any atom is -0.460 e. The van der Waals surface area contributed by atoms with Crippen LogP contribution in [0.5, 0.6) is 0 Å². The molecule has 4 nitrogen and oxygen atoms in total. The summed E-state index contributed by atoms with van der Waals surface area (Å²) >= 11 is 0. The van der Waals surface area contributed by atoms with Crippen LogP contribution in [0.1, 0.15) is 47.0 Å². The molecule has 16 heavy (non-hydrogen) atoms. The van der Waals surface area contributed by atoms with E-state index in [1.54, 1.807) is 7.11 Å². The molecule has 0 amide bonds. The summed E-state index contributed by atoms with van der Waals surface area (Å²) < 4.78 is 15.4. The Morgan fingerprint density at radius 1 is 1.25 bits per heavy atom. The zero-order valence-corrected chi connectivity index (χ0v) is 11.0. The SMILES string of the molecule is COC(C)OCCCCC(=O)OC(C)(C)C. The van der Waals surface area contributed by atoms with E-state index in [-0.39, 0.29) is 12.3 Å². The largest absolute Gasteiger partial charge is 0.460 e. The molecule has 0 fully saturated rings. The molecule has 0 aliphatic carbocycles. The number of esters is 1. The molecular weight excluding hydrogens is 208 g/mol. The molecule has 0 aromatic rings. The van der Waals surface area contributed by atoms with Crippen molar-refractivity contribution in [2.75, 3.05) is 13.7 Å². The Morgan fingerprint density at radius 3 is 2.38 bits per heavy atom. The van der Waals surface area contributed by atoms with Crippen molar-refractivity contribution in [3.05, 3.63) is 0 Å². The maximum Gasteiger partial charge on any atom is 0.306 e. The first-order chi connectivity index (χ1) is 7.35. The summed E-state index contributed by atoms with van der Waals surface area (Å²) in [5.74, 6) is -0.146. The Labute approximate surface area is 98.3 Å². The quantitative estimate of drug-likeness (QED) is 0.384. The maximum absolute atomic E-state index is 11.3. The predicted octanol–water partition coefficient (Wildman–Crippen LogP) is 2.51. The van der Waals surface area contributed by atoms with Crippen molar-refractivity contribution >= 4 is 5.97 Å². The van der Waals surface area contributed by atoms with Crippen LogP contribution in [-0.2, 0) is 19.0 Å². The average molecular weight is 232 g/mol. The number of hydrogen-bond donors (Lipinski definition) is 0. The van der Waals surface area contributed by atoms with E-state index in [0.717, 1.165) is 12.8 Å². The van der Waals surface area contributed by atoms with Gasteiger partial charge in [-0.15, -0.1) is 0 Å². The molecule has 4 heteroatoms. The van der Waals surface area contributed by atoms with Crippen molar-refractivity contribution < 1.29 is 19.0 Å². The lowest BCUT2D eigenvalue weighted by Crippen LogP contribution is -2.23. The molecule has 0 radical (unpaired) electrons. The van der Waals surface area contributed by atoms with Crippen molar-refractivity contribution in [2.24, 2.45) is 0 Å². The fourth-order valence-corrected chi connectivity index (χ4v) is 1.08. The number of carbonyl (C=O) groups excluding carboxylic acids is 1. The summed E-state index contributed by atoms with van der Waals surface area (Å²) in [6, 6.07) is 0. The van der Waals surface area contributed by atoms with Gasteiger partial charge < -0.3 is 14.2 Å². The standard InChI is InChI=1S/C12H24O4/c1-10(14-5)15-9-7-6-8-11(13)16-12(2,3)4/h10H,6-9H2,1-5H3. The monoisotopic (exact) mass is 232 g/mol. The summed E-state index contributed by atoms with van der Waals surface area (Å²) in [4.78, 5) is 11.3. The number of methoxy groups -OCH3 is 1. The number of hydrogen-bond acceptors (Lipinski definition) is 4. The zero-order valence-electron chi connectivity index (χ0n) is 11.0. The second-order valence-electron chi connectivity index (χ2n) is 4.72. The third kappa shape index (κ3) is 9.93. The normalized spacial score (nSPS) is 13.6. The zero-order chi connectivity index (χ0) is 12.6. The highest BCUT2D eigenvalue weighted by molar-refractivity contribution is 5.69. The van der Waals surface area contributed by atoms with Gasteiger partial charge in [0.25, 0.3) is 0 Å². The Bertz CT molecular complexity index is 196. The molecule has 0 aromatic heterocycles. The van der Waals surface area contributed by atoms with E-state index in [9.17, 15) is 4.79 Å². The van der Waals surface area contributed by atoms with Crippen molar-refractivity contribution in [1.29, 1.82) is 0 Å². The van der Waals surface area contributed by atoms with Crippen LogP contribution in [0.15, 0.2) is 0 Å². The minimum absolute atomic E-state index is 0.146. The summed E-state index contributed by atoms with van der Waals surface area (Å²) in [7, 11) is 1.60. The topological polar surface area (TPSA) is 44.8 Å². The first-order valence-corrected chi connectivity index (χ1v) is 5.71. The van der Waals surface area contributed by atoms with Gasteiger partial charge in [-0.2, -0.15) is 0 Å². The van der Waals surface area contributed by atoms with E-state index >= 15 is 0 Å². The van der Waals surface area contributed by atoms with Gasteiger partial charge >= 0.3 is 5.97 Å². The van der Waals surface area contributed by atoms with Gasteiger partial charge in [-0.05, 0) is 40.5 Å². The second-order valence-corrected chi connectivity index (χ2v) is 4.72. The first-order valence-electron chi connectivity index (χ1n) is 5.71. The van der Waals surface area contributed by atoms with Gasteiger partial charge in [0.15, 0.2) is 6.29 Å². The number of carbonyl (C=O) groups is 1. The van der Waals surface area contributed by atoms with Gasteiger partial charge in [0.2, 0.25) is 0 Å². The molecule has 0 saturated carbocycles. The summed E-state index contributed by atoms with van der Waals surface area (Å²) in [6.07, 6.45) is 1.89. The van der Waals surface area contributed by atoms with Gasteiger partial charge in [-0.1, -0.05) is 0 Å². The molecule has 0 saturated heterocycles. The molecule has 0 aliphatic rings. The van der Waals surface area contributed by atoms with Crippen LogP contribution in [0.3, 0.4) is 0 Å². The Hall–Kier alpha value is -0.610. The van der Waals surface area contributed by atoms with Gasteiger partial charge in [0, 0.05) is 20.1 Å². The van der Waals surface area contributed by atoms with E-state index in [1.807, 2.05) is 27.7 Å². The van der Waals surface area contributed by atoms with Gasteiger partial charge in [-0.25, -0.2) is 0 Å². The molecule has 0 spiro atoms. The molecule has 0 bridgehead atoms. The lowest BCUT2D eigenvalue weighted by molar-refractivity contribution is -0.155. The Morgan fingerprint density at radius 2 is 1.88 bits per heavy atom. The van der Waals surface area contributed by atoms with E-state index < -0.39 is 5.60 Å². The average Bonchev–Trinajstić information content (AvgIpc) is 2.14. The van der Waals surface area contributed by atoms with Crippen LogP contribution >= 0.6 is 0 Å². The number of unbranched alkanes of at least 4 members (excludes halogenated alkanes) is 1. The summed E-state index contributed by atoms with van der Waals surface area (Å²) in [5, 5.41) is 0. The molecule has 0 rings (SSSR count). The van der Waals surface area contributed by atoms with E-state index in [4.69, 9.17) is 14.2 Å². The van der Waals surface area contributed by atoms with E-state index in [2.05, 4.69) is 0 Å². The maximum atomic E-state index is 11.3. The van der Waals surface area contributed by atoms with Crippen LogP contribution in [0.2, 0.25) is 0 Å². The lowest BCUT2D eigenvalue weighted by Gasteiger charge is -2.19. The predicted molar refractivity (Wildman–Crippen MR) is 62.1 cm³/mol. The second kappa shape index (κ2) is 7.63. The first kappa shape index (κ1) is 15.4. The molecule has 96 valence electrons. The highest BCUT2D eigenvalue weighted by Gasteiger charge is 2.15. The van der Waals surface area contributed by atoms with E-state index in [0.29, 0.717) is 13.0 Å². The molecule has 0 heterocycles. The highest BCUT2D eigenvalue weighted by atomic mass is 16.7. The molecule has 1 unspecified atom stereocenters. The summed E-state index contributed by atoms with van der Waals surface area (Å²) in [6.45, 7) is 8.06. The van der Waals surface area contributed by atoms with Crippen LogP contribution in [-0.4, -0.2) is 31.6 Å². The lowest BCUT2D eigenvalue weighted by atomic mass is 10.2. The molecule has 0 aromatic carbocycles. The number of rotatable bonds is 7. The van der Waals surface area contributed by atoms with Crippen molar-refractivity contribution in [2.45, 2.75) is 58.8 Å². The minimum atomic E-state index is -0.391. The van der Waals surface area contributed by atoms with Crippen molar-refractivity contribution in [3.8, 4) is 0 Å². The van der Waals surface area contributed by atoms with Crippen molar-refractivity contribution in [1.82, 2.24) is 0 Å². The van der Waals surface area contributed by atoms with Gasteiger partial charge in [0.05, 0.1) is 0 Å².